The Morgan fingerprint density at radius 1 is 1.22 bits per heavy atom. The third-order valence-corrected chi connectivity index (χ3v) is 2.40. The zero-order valence-electron chi connectivity index (χ0n) is 10.1. The minimum Gasteiger partial charge on any atom is -0.464 e. The summed E-state index contributed by atoms with van der Waals surface area (Å²) < 4.78 is 4.60. The third kappa shape index (κ3) is 2.45. The molecule has 18 heavy (non-hydrogen) atoms. The molecule has 1 N–H and O–H groups in total. The number of hydrogen-bond acceptors (Lipinski definition) is 4. The zero-order chi connectivity index (χ0) is 13.1. The summed E-state index contributed by atoms with van der Waals surface area (Å²) in [6.07, 6.45) is 0. The first-order valence-corrected chi connectivity index (χ1v) is 5.37. The number of carbonyl (C=O) groups excluding carboxylic acids is 2. The van der Waals surface area contributed by atoms with Gasteiger partial charge in [0.25, 0.3) is 0 Å². The van der Waals surface area contributed by atoms with Crippen LogP contribution in [0.5, 0.6) is 0 Å². The molecule has 2 rings (SSSR count). The maximum Gasteiger partial charge on any atom is 0.356 e. The molecule has 0 bridgehead atoms. The van der Waals surface area contributed by atoms with Crippen molar-refractivity contribution in [2.24, 2.45) is 0 Å². The van der Waals surface area contributed by atoms with Crippen LogP contribution in [0.25, 0.3) is 10.9 Å². The molecule has 0 aliphatic rings. The van der Waals surface area contributed by atoms with Gasteiger partial charge in [-0.05, 0) is 24.3 Å². The molecular formula is C13H12N2O3. The van der Waals surface area contributed by atoms with Crippen LogP contribution in [0.1, 0.15) is 17.4 Å². The maximum absolute atomic E-state index is 11.3. The molecule has 92 valence electrons. The molecular weight excluding hydrogens is 232 g/mol. The highest BCUT2D eigenvalue weighted by Gasteiger charge is 2.08. The number of anilines is 1. The van der Waals surface area contributed by atoms with Gasteiger partial charge in [-0.2, -0.15) is 0 Å². The molecule has 0 saturated carbocycles. The number of fused-ring (bicyclic) bond motifs is 1. The fourth-order valence-electron chi connectivity index (χ4n) is 1.62. The molecule has 0 aliphatic heterocycles. The number of ether oxygens (including phenoxy) is 1. The molecule has 0 aliphatic carbocycles. The van der Waals surface area contributed by atoms with E-state index in [0.29, 0.717) is 11.2 Å². The second-order valence-corrected chi connectivity index (χ2v) is 3.78. The summed E-state index contributed by atoms with van der Waals surface area (Å²) in [5, 5.41) is 3.53. The number of carbonyl (C=O) groups is 2. The van der Waals surface area contributed by atoms with Crippen LogP contribution >= 0.6 is 0 Å². The number of nitrogens with zero attached hydrogens (tertiary/aromatic N) is 1. The van der Waals surface area contributed by atoms with E-state index >= 15 is 0 Å². The Hall–Kier alpha value is -2.43. The molecule has 0 fully saturated rings. The molecule has 5 heteroatoms. The molecule has 1 heterocycles. The number of benzene rings is 1. The maximum atomic E-state index is 11.3. The van der Waals surface area contributed by atoms with Crippen molar-refractivity contribution in [2.45, 2.75) is 6.92 Å². The number of methoxy groups -OCH3 is 1. The van der Waals surface area contributed by atoms with Crippen LogP contribution < -0.4 is 5.32 Å². The molecule has 2 aromatic rings. The molecule has 0 radical (unpaired) electrons. The van der Waals surface area contributed by atoms with Crippen LogP contribution in [-0.4, -0.2) is 24.0 Å². The fourth-order valence-corrected chi connectivity index (χ4v) is 1.62. The minimum atomic E-state index is -0.470. The molecule has 1 aromatic heterocycles. The van der Waals surface area contributed by atoms with Crippen LogP contribution in [0, 0.1) is 0 Å². The van der Waals surface area contributed by atoms with Gasteiger partial charge in [-0.3, -0.25) is 4.79 Å². The minimum absolute atomic E-state index is 0.131. The zero-order valence-corrected chi connectivity index (χ0v) is 10.1. The van der Waals surface area contributed by atoms with Crippen molar-refractivity contribution < 1.29 is 14.3 Å². The van der Waals surface area contributed by atoms with E-state index in [4.69, 9.17) is 0 Å². The number of aromatic nitrogens is 1. The van der Waals surface area contributed by atoms with Crippen molar-refractivity contribution in [3.8, 4) is 0 Å². The summed E-state index contributed by atoms with van der Waals surface area (Å²) in [6, 6.07) is 8.63. The summed E-state index contributed by atoms with van der Waals surface area (Å²) in [6.45, 7) is 1.45. The highest BCUT2D eigenvalue weighted by molar-refractivity contribution is 5.94. The third-order valence-electron chi connectivity index (χ3n) is 2.40. The van der Waals surface area contributed by atoms with E-state index in [1.54, 1.807) is 30.3 Å². The summed E-state index contributed by atoms with van der Waals surface area (Å²) in [5.41, 5.74) is 1.63. The first-order chi connectivity index (χ1) is 8.60. The fraction of sp³-hybridized carbons (Fsp3) is 0.154. The standard InChI is InChI=1S/C13H12N2O3/c1-8(16)14-10-4-6-11-9(7-10)3-5-12(15-11)13(17)18-2/h3-7H,1-2H3,(H,14,16). The van der Waals surface area contributed by atoms with Crippen LogP contribution in [0.15, 0.2) is 30.3 Å². The molecule has 0 unspecified atom stereocenters. The second kappa shape index (κ2) is 4.83. The Labute approximate surface area is 104 Å². The van der Waals surface area contributed by atoms with Crippen LogP contribution in [0.4, 0.5) is 5.69 Å². The Morgan fingerprint density at radius 2 is 2.00 bits per heavy atom. The Kier molecular flexibility index (Phi) is 3.23. The Balaban J connectivity index is 2.41. The van der Waals surface area contributed by atoms with Gasteiger partial charge in [0.05, 0.1) is 12.6 Å². The lowest BCUT2D eigenvalue weighted by Gasteiger charge is -2.05. The van der Waals surface area contributed by atoms with E-state index < -0.39 is 5.97 Å². The monoisotopic (exact) mass is 244 g/mol. The van der Waals surface area contributed by atoms with Gasteiger partial charge < -0.3 is 10.1 Å². The smallest absolute Gasteiger partial charge is 0.356 e. The van der Waals surface area contributed by atoms with Crippen molar-refractivity contribution in [1.29, 1.82) is 0 Å². The highest BCUT2D eigenvalue weighted by Crippen LogP contribution is 2.18. The van der Waals surface area contributed by atoms with Gasteiger partial charge in [0.1, 0.15) is 5.69 Å². The molecule has 1 amide bonds. The number of nitrogens with one attached hydrogen (secondary N) is 1. The number of amides is 1. The van der Waals surface area contributed by atoms with Crippen molar-refractivity contribution >= 4 is 28.5 Å². The molecule has 1 aromatic carbocycles. The number of pyridine rings is 1. The van der Waals surface area contributed by atoms with E-state index in [2.05, 4.69) is 15.0 Å². The summed E-state index contributed by atoms with van der Waals surface area (Å²) in [4.78, 5) is 26.5. The van der Waals surface area contributed by atoms with Crippen molar-refractivity contribution in [3.63, 3.8) is 0 Å². The van der Waals surface area contributed by atoms with Crippen LogP contribution in [0.2, 0.25) is 0 Å². The molecule has 0 saturated heterocycles. The summed E-state index contributed by atoms with van der Waals surface area (Å²) >= 11 is 0. The lowest BCUT2D eigenvalue weighted by molar-refractivity contribution is -0.114. The lowest BCUT2D eigenvalue weighted by Crippen LogP contribution is -2.06. The molecule has 0 spiro atoms. The number of hydrogen-bond donors (Lipinski definition) is 1. The van der Waals surface area contributed by atoms with Gasteiger partial charge in [0, 0.05) is 18.0 Å². The van der Waals surface area contributed by atoms with E-state index in [-0.39, 0.29) is 11.6 Å². The van der Waals surface area contributed by atoms with E-state index in [9.17, 15) is 9.59 Å². The molecule has 0 atom stereocenters. The van der Waals surface area contributed by atoms with Gasteiger partial charge in [-0.1, -0.05) is 6.07 Å². The van der Waals surface area contributed by atoms with E-state index in [0.717, 1.165) is 5.39 Å². The summed E-state index contributed by atoms with van der Waals surface area (Å²) in [7, 11) is 1.31. The second-order valence-electron chi connectivity index (χ2n) is 3.78. The van der Waals surface area contributed by atoms with Crippen molar-refractivity contribution in [1.82, 2.24) is 4.98 Å². The van der Waals surface area contributed by atoms with Crippen LogP contribution in [-0.2, 0) is 9.53 Å². The first kappa shape index (κ1) is 12.0. The largest absolute Gasteiger partial charge is 0.464 e. The van der Waals surface area contributed by atoms with Gasteiger partial charge >= 0.3 is 5.97 Å². The normalized spacial score (nSPS) is 10.1. The lowest BCUT2D eigenvalue weighted by atomic mass is 10.2. The summed E-state index contributed by atoms with van der Waals surface area (Å²) in [5.74, 6) is -0.601. The van der Waals surface area contributed by atoms with Gasteiger partial charge in [0.15, 0.2) is 0 Å². The Bertz CT molecular complexity index is 623. The average Bonchev–Trinajstić information content (AvgIpc) is 2.36. The van der Waals surface area contributed by atoms with Crippen molar-refractivity contribution in [2.75, 3.05) is 12.4 Å². The number of rotatable bonds is 2. The predicted molar refractivity (Wildman–Crippen MR) is 67.4 cm³/mol. The van der Waals surface area contributed by atoms with Gasteiger partial charge in [-0.15, -0.1) is 0 Å². The number of esters is 1. The average molecular weight is 244 g/mol. The SMILES string of the molecule is COC(=O)c1ccc2cc(NC(C)=O)ccc2n1. The Morgan fingerprint density at radius 3 is 2.67 bits per heavy atom. The van der Waals surface area contributed by atoms with E-state index in [1.165, 1.54) is 14.0 Å². The predicted octanol–water partition coefficient (Wildman–Crippen LogP) is 1.98. The quantitative estimate of drug-likeness (QED) is 0.820. The van der Waals surface area contributed by atoms with Crippen molar-refractivity contribution in [3.05, 3.63) is 36.0 Å². The van der Waals surface area contributed by atoms with E-state index in [1.807, 2.05) is 0 Å². The topological polar surface area (TPSA) is 68.3 Å². The highest BCUT2D eigenvalue weighted by atomic mass is 16.5. The van der Waals surface area contributed by atoms with Gasteiger partial charge in [-0.25, -0.2) is 9.78 Å². The first-order valence-electron chi connectivity index (χ1n) is 5.37. The molecule has 5 nitrogen and oxygen atoms in total. The van der Waals surface area contributed by atoms with Crippen LogP contribution in [0.3, 0.4) is 0 Å². The van der Waals surface area contributed by atoms with Gasteiger partial charge in [0.2, 0.25) is 5.91 Å².